The fourth-order valence-corrected chi connectivity index (χ4v) is 1.44. The zero-order chi connectivity index (χ0) is 14.3. The van der Waals surface area contributed by atoms with Gasteiger partial charge >= 0.3 is 5.97 Å². The molecule has 0 aliphatic carbocycles. The minimum Gasteiger partial charge on any atom is -0.452 e. The van der Waals surface area contributed by atoms with Gasteiger partial charge in [0.15, 0.2) is 11.3 Å². The smallest absolute Gasteiger partial charge is 0.331 e. The molecule has 0 aliphatic rings. The van der Waals surface area contributed by atoms with Crippen molar-refractivity contribution in [2.24, 2.45) is 5.92 Å². The van der Waals surface area contributed by atoms with Gasteiger partial charge < -0.3 is 14.5 Å². The maximum Gasteiger partial charge on any atom is 0.331 e. The third-order valence-electron chi connectivity index (χ3n) is 2.03. The number of furan rings is 1. The molecule has 0 spiro atoms. The lowest BCUT2D eigenvalue weighted by molar-refractivity contribution is -0.143. The Balaban J connectivity index is 2.28. The average Bonchev–Trinajstić information content (AvgIpc) is 2.77. The van der Waals surface area contributed by atoms with Crippen molar-refractivity contribution in [3.8, 4) is 0 Å². The highest BCUT2D eigenvalue weighted by molar-refractivity contribution is 9.10. The first-order chi connectivity index (χ1) is 8.97. The summed E-state index contributed by atoms with van der Waals surface area (Å²) in [6.07, 6.45) is 2.68. The van der Waals surface area contributed by atoms with Crippen molar-refractivity contribution in [2.45, 2.75) is 13.8 Å². The molecule has 104 valence electrons. The van der Waals surface area contributed by atoms with Gasteiger partial charge in [0.2, 0.25) is 0 Å². The van der Waals surface area contributed by atoms with Crippen molar-refractivity contribution < 1.29 is 18.7 Å². The number of hydrogen-bond donors (Lipinski definition) is 1. The highest BCUT2D eigenvalue weighted by Crippen LogP contribution is 2.14. The maximum atomic E-state index is 11.3. The van der Waals surface area contributed by atoms with Gasteiger partial charge in [0.05, 0.1) is 0 Å². The first kappa shape index (κ1) is 15.5. The third kappa shape index (κ3) is 6.81. The van der Waals surface area contributed by atoms with Crippen LogP contribution in [0.3, 0.4) is 0 Å². The molecular formula is C13H16BrNO4. The Morgan fingerprint density at radius 1 is 1.47 bits per heavy atom. The highest BCUT2D eigenvalue weighted by Gasteiger charge is 2.05. The van der Waals surface area contributed by atoms with E-state index < -0.39 is 5.97 Å². The van der Waals surface area contributed by atoms with Gasteiger partial charge in [-0.15, -0.1) is 0 Å². The van der Waals surface area contributed by atoms with Gasteiger partial charge in [-0.25, -0.2) is 4.79 Å². The summed E-state index contributed by atoms with van der Waals surface area (Å²) in [7, 11) is 0. The van der Waals surface area contributed by atoms with E-state index in [2.05, 4.69) is 21.2 Å². The molecule has 0 aliphatic heterocycles. The lowest BCUT2D eigenvalue weighted by atomic mass is 10.2. The Morgan fingerprint density at radius 3 is 2.79 bits per heavy atom. The highest BCUT2D eigenvalue weighted by atomic mass is 79.9. The van der Waals surface area contributed by atoms with Crippen LogP contribution in [0, 0.1) is 5.92 Å². The number of esters is 1. The molecule has 1 amide bonds. The Labute approximate surface area is 120 Å². The van der Waals surface area contributed by atoms with Crippen LogP contribution in [-0.2, 0) is 14.3 Å². The molecule has 1 rings (SSSR count). The van der Waals surface area contributed by atoms with Crippen molar-refractivity contribution in [1.82, 2.24) is 5.32 Å². The van der Waals surface area contributed by atoms with E-state index in [1.807, 2.05) is 13.8 Å². The van der Waals surface area contributed by atoms with E-state index in [1.165, 1.54) is 12.2 Å². The molecule has 1 heterocycles. The standard InChI is InChI=1S/C13H16BrNO4/c1-9(2)7-15-12(16)8-18-13(17)6-4-10-3-5-11(14)19-10/h3-6,9H,7-8H2,1-2H3,(H,15,16)/b6-4+. The lowest BCUT2D eigenvalue weighted by Gasteiger charge is -2.07. The first-order valence-electron chi connectivity index (χ1n) is 5.84. The van der Waals surface area contributed by atoms with Gasteiger partial charge in [0, 0.05) is 12.6 Å². The van der Waals surface area contributed by atoms with Crippen molar-refractivity contribution in [3.05, 3.63) is 28.6 Å². The molecule has 5 nitrogen and oxygen atoms in total. The number of carbonyl (C=O) groups excluding carboxylic acids is 2. The van der Waals surface area contributed by atoms with E-state index in [1.54, 1.807) is 12.1 Å². The monoisotopic (exact) mass is 329 g/mol. The minimum absolute atomic E-state index is 0.280. The van der Waals surface area contributed by atoms with Gasteiger partial charge in [-0.1, -0.05) is 13.8 Å². The number of rotatable bonds is 6. The van der Waals surface area contributed by atoms with Crippen LogP contribution >= 0.6 is 15.9 Å². The van der Waals surface area contributed by atoms with E-state index in [-0.39, 0.29) is 12.5 Å². The van der Waals surface area contributed by atoms with Gasteiger partial charge in [0.1, 0.15) is 5.76 Å². The molecule has 0 radical (unpaired) electrons. The number of halogens is 1. The summed E-state index contributed by atoms with van der Waals surface area (Å²) < 4.78 is 10.5. The molecule has 19 heavy (non-hydrogen) atoms. The average molecular weight is 330 g/mol. The maximum absolute atomic E-state index is 11.3. The summed E-state index contributed by atoms with van der Waals surface area (Å²) in [6, 6.07) is 3.41. The second kappa shape index (κ2) is 7.78. The Bertz CT molecular complexity index is 465. The van der Waals surface area contributed by atoms with Crippen molar-refractivity contribution in [1.29, 1.82) is 0 Å². The molecule has 0 saturated carbocycles. The summed E-state index contributed by atoms with van der Waals surface area (Å²) in [6.45, 7) is 4.25. The van der Waals surface area contributed by atoms with Crippen LogP contribution in [-0.4, -0.2) is 25.0 Å². The molecule has 6 heteroatoms. The summed E-state index contributed by atoms with van der Waals surface area (Å²) in [5.41, 5.74) is 0. The first-order valence-corrected chi connectivity index (χ1v) is 6.63. The molecule has 0 aromatic carbocycles. The molecule has 1 aromatic rings. The van der Waals surface area contributed by atoms with Gasteiger partial charge in [-0.3, -0.25) is 4.79 Å². The number of nitrogens with one attached hydrogen (secondary N) is 1. The van der Waals surface area contributed by atoms with Crippen molar-refractivity contribution >= 4 is 33.9 Å². The second-order valence-electron chi connectivity index (χ2n) is 4.28. The SMILES string of the molecule is CC(C)CNC(=O)COC(=O)/C=C/c1ccc(Br)o1. The van der Waals surface area contributed by atoms with E-state index in [0.717, 1.165) is 0 Å². The summed E-state index contributed by atoms with van der Waals surface area (Å²) in [5, 5.41) is 2.65. The van der Waals surface area contributed by atoms with E-state index in [9.17, 15) is 9.59 Å². The van der Waals surface area contributed by atoms with E-state index >= 15 is 0 Å². The molecule has 0 atom stereocenters. The number of carbonyl (C=O) groups is 2. The van der Waals surface area contributed by atoms with E-state index in [4.69, 9.17) is 9.15 Å². The molecule has 0 fully saturated rings. The lowest BCUT2D eigenvalue weighted by Crippen LogP contribution is -2.31. The quantitative estimate of drug-likeness (QED) is 0.642. The van der Waals surface area contributed by atoms with Crippen molar-refractivity contribution in [2.75, 3.05) is 13.2 Å². The van der Waals surface area contributed by atoms with Gasteiger partial charge in [0.25, 0.3) is 5.91 Å². The fraction of sp³-hybridized carbons (Fsp3) is 0.385. The normalized spacial score (nSPS) is 10.9. The van der Waals surface area contributed by atoms with Gasteiger partial charge in [-0.2, -0.15) is 0 Å². The Morgan fingerprint density at radius 2 is 2.21 bits per heavy atom. The third-order valence-corrected chi connectivity index (χ3v) is 2.46. The molecule has 0 unspecified atom stereocenters. The van der Waals surface area contributed by atoms with Crippen LogP contribution in [0.25, 0.3) is 6.08 Å². The zero-order valence-electron chi connectivity index (χ0n) is 10.8. The number of ether oxygens (including phenoxy) is 1. The largest absolute Gasteiger partial charge is 0.452 e. The zero-order valence-corrected chi connectivity index (χ0v) is 12.4. The number of hydrogen-bond acceptors (Lipinski definition) is 4. The molecule has 0 saturated heterocycles. The van der Waals surface area contributed by atoms with Crippen LogP contribution in [0.5, 0.6) is 0 Å². The summed E-state index contributed by atoms with van der Waals surface area (Å²) in [4.78, 5) is 22.6. The molecule has 1 N–H and O–H groups in total. The summed E-state index contributed by atoms with van der Waals surface area (Å²) >= 11 is 3.15. The molecular weight excluding hydrogens is 314 g/mol. The fourth-order valence-electron chi connectivity index (χ4n) is 1.12. The van der Waals surface area contributed by atoms with Crippen molar-refractivity contribution in [3.63, 3.8) is 0 Å². The van der Waals surface area contributed by atoms with Crippen LogP contribution in [0.15, 0.2) is 27.3 Å². The minimum atomic E-state index is -0.591. The van der Waals surface area contributed by atoms with Crippen LogP contribution in [0.1, 0.15) is 19.6 Å². The predicted molar refractivity (Wildman–Crippen MR) is 74.2 cm³/mol. The topological polar surface area (TPSA) is 68.5 Å². The Kier molecular flexibility index (Phi) is 6.35. The van der Waals surface area contributed by atoms with Crippen LogP contribution in [0.4, 0.5) is 0 Å². The van der Waals surface area contributed by atoms with Gasteiger partial charge in [-0.05, 0) is 40.1 Å². The van der Waals surface area contributed by atoms with Crippen LogP contribution in [0.2, 0.25) is 0 Å². The Hall–Kier alpha value is -1.56. The predicted octanol–water partition coefficient (Wildman–Crippen LogP) is 2.37. The molecule has 0 bridgehead atoms. The summed E-state index contributed by atoms with van der Waals surface area (Å²) in [5.74, 6) is -0.0200. The molecule has 1 aromatic heterocycles. The number of amides is 1. The van der Waals surface area contributed by atoms with E-state index in [0.29, 0.717) is 22.9 Å². The second-order valence-corrected chi connectivity index (χ2v) is 5.06. The van der Waals surface area contributed by atoms with Crippen LogP contribution < -0.4 is 5.32 Å².